The number of carbonyl (C=O) groups is 2. The zero-order chi connectivity index (χ0) is 18.9. The number of aromatic carboxylic acids is 1. The lowest BCUT2D eigenvalue weighted by Crippen LogP contribution is -2.55. The molecule has 1 saturated heterocycles. The van der Waals surface area contributed by atoms with E-state index in [4.69, 9.17) is 5.11 Å². The first-order valence-electron chi connectivity index (χ1n) is 7.29. The number of nitro benzene ring substituents is 1. The molecule has 0 spiro atoms. The summed E-state index contributed by atoms with van der Waals surface area (Å²) in [6.07, 6.45) is 1.08. The van der Waals surface area contributed by atoms with Crippen LogP contribution < -0.4 is 0 Å². The Morgan fingerprint density at radius 2 is 1.84 bits per heavy atom. The molecule has 1 aliphatic rings. The van der Waals surface area contributed by atoms with Crippen LogP contribution >= 0.6 is 0 Å². The molecule has 10 nitrogen and oxygen atoms in total. The molecule has 1 atom stereocenters. The summed E-state index contributed by atoms with van der Waals surface area (Å²) in [5, 5.41) is 20.0. The van der Waals surface area contributed by atoms with Crippen LogP contribution in [0.25, 0.3) is 0 Å². The Morgan fingerprint density at radius 3 is 2.32 bits per heavy atom. The molecule has 0 unspecified atom stereocenters. The number of nitro groups is 1. The first kappa shape index (κ1) is 18.8. The van der Waals surface area contributed by atoms with Crippen LogP contribution in [0.15, 0.2) is 18.2 Å². The van der Waals surface area contributed by atoms with Gasteiger partial charge in [0.15, 0.2) is 0 Å². The standard InChI is InChI=1S/C14H17N3O7S/c1-9-8-15(3-4-16(9)25(2,23)24)13(18)10-5-11(14(19)20)7-12(6-10)17(21)22/h5-7,9H,3-4,8H2,1-2H3,(H,19,20)/t9-/m0/s1. The Hall–Kier alpha value is -2.53. The van der Waals surface area contributed by atoms with Gasteiger partial charge >= 0.3 is 5.97 Å². The van der Waals surface area contributed by atoms with Gasteiger partial charge in [0.1, 0.15) is 0 Å². The molecule has 1 aromatic carbocycles. The van der Waals surface area contributed by atoms with Crippen molar-refractivity contribution < 1.29 is 28.0 Å². The third-order valence-corrected chi connectivity index (χ3v) is 5.30. The van der Waals surface area contributed by atoms with Crippen molar-refractivity contribution in [3.05, 3.63) is 39.4 Å². The third kappa shape index (κ3) is 4.12. The molecule has 1 aromatic rings. The summed E-state index contributed by atoms with van der Waals surface area (Å²) in [6.45, 7) is 1.97. The van der Waals surface area contributed by atoms with Crippen molar-refractivity contribution in [3.8, 4) is 0 Å². The van der Waals surface area contributed by atoms with Gasteiger partial charge in [0.2, 0.25) is 10.0 Å². The Kier molecular flexibility index (Phi) is 5.09. The van der Waals surface area contributed by atoms with Crippen LogP contribution in [-0.2, 0) is 10.0 Å². The number of sulfonamides is 1. The van der Waals surface area contributed by atoms with Crippen molar-refractivity contribution in [3.63, 3.8) is 0 Å². The lowest BCUT2D eigenvalue weighted by Gasteiger charge is -2.38. The molecule has 0 saturated carbocycles. The molecule has 1 amide bonds. The molecule has 25 heavy (non-hydrogen) atoms. The molecular weight excluding hydrogens is 354 g/mol. The number of amides is 1. The van der Waals surface area contributed by atoms with Crippen molar-refractivity contribution in [2.75, 3.05) is 25.9 Å². The van der Waals surface area contributed by atoms with Gasteiger partial charge in [-0.25, -0.2) is 13.2 Å². The van der Waals surface area contributed by atoms with Gasteiger partial charge < -0.3 is 10.0 Å². The van der Waals surface area contributed by atoms with E-state index >= 15 is 0 Å². The average Bonchev–Trinajstić information content (AvgIpc) is 2.52. The van der Waals surface area contributed by atoms with Crippen molar-refractivity contribution >= 4 is 27.6 Å². The van der Waals surface area contributed by atoms with E-state index in [1.807, 2.05) is 0 Å². The lowest BCUT2D eigenvalue weighted by molar-refractivity contribution is -0.384. The maximum atomic E-state index is 12.6. The molecule has 1 heterocycles. The summed E-state index contributed by atoms with van der Waals surface area (Å²) in [5.74, 6) is -1.96. The number of carboxylic acids is 1. The van der Waals surface area contributed by atoms with E-state index in [0.29, 0.717) is 0 Å². The van der Waals surface area contributed by atoms with Crippen molar-refractivity contribution in [2.24, 2.45) is 0 Å². The van der Waals surface area contributed by atoms with Gasteiger partial charge in [0, 0.05) is 43.4 Å². The van der Waals surface area contributed by atoms with Gasteiger partial charge in [0.25, 0.3) is 11.6 Å². The zero-order valence-corrected chi connectivity index (χ0v) is 14.4. The second-order valence-electron chi connectivity index (χ2n) is 5.80. The molecule has 0 bridgehead atoms. The largest absolute Gasteiger partial charge is 0.478 e. The Bertz CT molecular complexity index is 805. The summed E-state index contributed by atoms with van der Waals surface area (Å²) < 4.78 is 24.6. The monoisotopic (exact) mass is 371 g/mol. The predicted molar refractivity (Wildman–Crippen MR) is 87.0 cm³/mol. The molecular formula is C14H17N3O7S. The summed E-state index contributed by atoms with van der Waals surface area (Å²) in [4.78, 5) is 35.2. The van der Waals surface area contributed by atoms with Gasteiger partial charge in [-0.3, -0.25) is 14.9 Å². The fourth-order valence-corrected chi connectivity index (χ4v) is 3.90. The fraction of sp³-hybridized carbons (Fsp3) is 0.429. The highest BCUT2D eigenvalue weighted by atomic mass is 32.2. The molecule has 1 fully saturated rings. The van der Waals surface area contributed by atoms with E-state index in [0.717, 1.165) is 24.5 Å². The van der Waals surface area contributed by atoms with E-state index in [9.17, 15) is 28.1 Å². The minimum absolute atomic E-state index is 0.104. The molecule has 2 rings (SSSR count). The van der Waals surface area contributed by atoms with Gasteiger partial charge in [-0.2, -0.15) is 4.31 Å². The molecule has 1 N–H and O–H groups in total. The van der Waals surface area contributed by atoms with E-state index < -0.39 is 38.6 Å². The Labute approximate surface area is 143 Å². The highest BCUT2D eigenvalue weighted by molar-refractivity contribution is 7.88. The summed E-state index contributed by atoms with van der Waals surface area (Å²) >= 11 is 0. The van der Waals surface area contributed by atoms with E-state index in [1.54, 1.807) is 6.92 Å². The number of non-ortho nitro benzene ring substituents is 1. The summed E-state index contributed by atoms with van der Waals surface area (Å²) in [7, 11) is -3.40. The Morgan fingerprint density at radius 1 is 1.24 bits per heavy atom. The van der Waals surface area contributed by atoms with Gasteiger partial charge in [-0.05, 0) is 13.0 Å². The first-order valence-corrected chi connectivity index (χ1v) is 9.14. The number of piperazine rings is 1. The van der Waals surface area contributed by atoms with Crippen molar-refractivity contribution in [1.82, 2.24) is 9.21 Å². The van der Waals surface area contributed by atoms with Crippen LogP contribution in [-0.4, -0.2) is 71.5 Å². The zero-order valence-electron chi connectivity index (χ0n) is 13.6. The van der Waals surface area contributed by atoms with Crippen molar-refractivity contribution in [2.45, 2.75) is 13.0 Å². The maximum Gasteiger partial charge on any atom is 0.335 e. The van der Waals surface area contributed by atoms with Crippen LogP contribution in [0.1, 0.15) is 27.6 Å². The second kappa shape index (κ2) is 6.76. The summed E-state index contributed by atoms with van der Waals surface area (Å²) in [6, 6.07) is 2.52. The van der Waals surface area contributed by atoms with Gasteiger partial charge in [-0.1, -0.05) is 0 Å². The molecule has 136 valence electrons. The van der Waals surface area contributed by atoms with Crippen LogP contribution in [0.3, 0.4) is 0 Å². The smallest absolute Gasteiger partial charge is 0.335 e. The third-order valence-electron chi connectivity index (χ3n) is 3.90. The van der Waals surface area contributed by atoms with E-state index in [2.05, 4.69) is 0 Å². The molecule has 0 aliphatic carbocycles. The number of hydrogen-bond donors (Lipinski definition) is 1. The fourth-order valence-electron chi connectivity index (χ4n) is 2.76. The molecule has 1 aliphatic heterocycles. The minimum atomic E-state index is -3.40. The van der Waals surface area contributed by atoms with Crippen molar-refractivity contribution in [1.29, 1.82) is 0 Å². The van der Waals surface area contributed by atoms with Crippen LogP contribution in [0.4, 0.5) is 5.69 Å². The second-order valence-corrected chi connectivity index (χ2v) is 7.74. The van der Waals surface area contributed by atoms with E-state index in [-0.39, 0.29) is 30.8 Å². The molecule has 0 radical (unpaired) electrons. The normalized spacial score (nSPS) is 18.8. The highest BCUT2D eigenvalue weighted by Gasteiger charge is 2.32. The van der Waals surface area contributed by atoms with Crippen LogP contribution in [0.2, 0.25) is 0 Å². The number of carboxylic acid groups (broad SMARTS) is 1. The maximum absolute atomic E-state index is 12.6. The van der Waals surface area contributed by atoms with Gasteiger partial charge in [0.05, 0.1) is 16.7 Å². The number of carbonyl (C=O) groups excluding carboxylic acids is 1. The number of hydrogen-bond acceptors (Lipinski definition) is 6. The van der Waals surface area contributed by atoms with Crippen LogP contribution in [0.5, 0.6) is 0 Å². The van der Waals surface area contributed by atoms with E-state index in [1.165, 1.54) is 9.21 Å². The minimum Gasteiger partial charge on any atom is -0.478 e. The quantitative estimate of drug-likeness (QED) is 0.597. The lowest BCUT2D eigenvalue weighted by atomic mass is 10.1. The average molecular weight is 371 g/mol. The number of rotatable bonds is 4. The van der Waals surface area contributed by atoms with Gasteiger partial charge in [-0.15, -0.1) is 0 Å². The highest BCUT2D eigenvalue weighted by Crippen LogP contribution is 2.21. The number of benzene rings is 1. The molecule has 11 heteroatoms. The topological polar surface area (TPSA) is 138 Å². The molecule has 0 aromatic heterocycles. The summed E-state index contributed by atoms with van der Waals surface area (Å²) in [5.41, 5.74) is -0.974. The number of nitrogens with zero attached hydrogens (tertiary/aromatic N) is 3. The predicted octanol–water partition coefficient (Wildman–Crippen LogP) is 0.399. The Balaban J connectivity index is 2.29. The first-order chi connectivity index (χ1) is 11.5. The van der Waals surface area contributed by atoms with Crippen LogP contribution in [0, 0.1) is 10.1 Å². The SMILES string of the molecule is C[C@H]1CN(C(=O)c2cc(C(=O)O)cc([N+](=O)[O-])c2)CCN1S(C)(=O)=O.